The third kappa shape index (κ3) is 7.48. The number of nitrogens with zero attached hydrogens (tertiary/aromatic N) is 5. The number of thioether (sulfide) groups is 1. The normalized spacial score (nSPS) is 15.8. The third-order valence-corrected chi connectivity index (χ3v) is 7.10. The lowest BCUT2D eigenvalue weighted by atomic mass is 10.1. The number of fused-ring (bicyclic) bond motifs is 1. The zero-order valence-corrected chi connectivity index (χ0v) is 22.7. The predicted octanol–water partition coefficient (Wildman–Crippen LogP) is 4.10. The summed E-state index contributed by atoms with van der Waals surface area (Å²) in [6.45, 7) is 3.61. The fourth-order valence-electron chi connectivity index (χ4n) is 4.05. The van der Waals surface area contributed by atoms with Gasteiger partial charge in [-0.3, -0.25) is 4.90 Å². The molecule has 5 rings (SSSR count). The Balaban J connectivity index is 0.00000112. The molecule has 2 aromatic carbocycles. The number of rotatable bonds is 6. The number of hydrogen-bond donors (Lipinski definition) is 3. The van der Waals surface area contributed by atoms with Crippen molar-refractivity contribution in [2.24, 2.45) is 0 Å². The summed E-state index contributed by atoms with van der Waals surface area (Å²) < 4.78 is 5.82. The Morgan fingerprint density at radius 2 is 1.79 bits per heavy atom. The minimum Gasteiger partial charge on any atom is -0.465 e. The number of hydrogen-bond acceptors (Lipinski definition) is 9. The number of nitriles is 1. The first-order valence-corrected chi connectivity index (χ1v) is 13.3. The number of anilines is 1. The molecule has 3 aromatic rings. The van der Waals surface area contributed by atoms with Crippen LogP contribution in [0.25, 0.3) is 5.57 Å². The molecule has 1 aromatic heterocycles. The molecule has 0 saturated carbocycles. The Labute approximate surface area is 232 Å². The number of benzene rings is 2. The molecule has 0 unspecified atom stereocenters. The van der Waals surface area contributed by atoms with E-state index >= 15 is 0 Å². The van der Waals surface area contributed by atoms with Crippen molar-refractivity contribution in [3.63, 3.8) is 0 Å². The van der Waals surface area contributed by atoms with Crippen molar-refractivity contribution in [1.82, 2.24) is 25.1 Å². The molecule has 10 nitrogen and oxygen atoms in total. The van der Waals surface area contributed by atoms with E-state index in [4.69, 9.17) is 9.84 Å². The molecule has 2 aliphatic rings. The number of aromatic nitrogens is 2. The number of para-hydroxylation sites is 1. The number of piperazine rings is 1. The van der Waals surface area contributed by atoms with Crippen molar-refractivity contribution in [1.29, 1.82) is 5.26 Å². The number of allylic oxidation sites excluding steroid dienone is 1. The lowest BCUT2D eigenvalue weighted by Gasteiger charge is -2.33. The molecule has 0 atom stereocenters. The lowest BCUT2D eigenvalue weighted by molar-refractivity contribution is 0.103. The highest BCUT2D eigenvalue weighted by Crippen LogP contribution is 2.43. The molecule has 1 fully saturated rings. The second kappa shape index (κ2) is 13.6. The molecule has 3 heterocycles. The largest absolute Gasteiger partial charge is 0.465 e. The van der Waals surface area contributed by atoms with Crippen molar-refractivity contribution in [3.8, 4) is 12.1 Å². The van der Waals surface area contributed by atoms with E-state index in [1.165, 1.54) is 16.7 Å². The van der Waals surface area contributed by atoms with Crippen LogP contribution in [0.3, 0.4) is 0 Å². The molecule has 0 bridgehead atoms. The second-order valence-electron chi connectivity index (χ2n) is 8.91. The number of ether oxygens (including phenoxy) is 1. The van der Waals surface area contributed by atoms with E-state index in [0.717, 1.165) is 46.4 Å². The number of carboxylic acid groups (broad SMARTS) is 1. The van der Waals surface area contributed by atoms with Gasteiger partial charge in [0, 0.05) is 43.8 Å². The summed E-state index contributed by atoms with van der Waals surface area (Å²) in [6, 6.07) is 20.2. The Kier molecular flexibility index (Phi) is 9.74. The molecular formula is C28H31N7O3S. The van der Waals surface area contributed by atoms with Gasteiger partial charge in [0.1, 0.15) is 18.2 Å². The summed E-state index contributed by atoms with van der Waals surface area (Å²) in [5.41, 5.74) is 4.06. The van der Waals surface area contributed by atoms with Gasteiger partial charge in [0.15, 0.2) is 0 Å². The van der Waals surface area contributed by atoms with Crippen LogP contribution in [0, 0.1) is 11.3 Å². The molecular weight excluding hydrogens is 514 g/mol. The van der Waals surface area contributed by atoms with Gasteiger partial charge in [-0.25, -0.2) is 9.78 Å². The molecule has 2 aliphatic heterocycles. The summed E-state index contributed by atoms with van der Waals surface area (Å²) in [5.74, 6) is 0. The van der Waals surface area contributed by atoms with Crippen molar-refractivity contribution in [3.05, 3.63) is 82.6 Å². The molecule has 1 amide bonds. The second-order valence-corrected chi connectivity index (χ2v) is 9.97. The molecule has 0 aliphatic carbocycles. The van der Waals surface area contributed by atoms with Crippen molar-refractivity contribution >= 4 is 29.1 Å². The molecule has 202 valence electrons. The van der Waals surface area contributed by atoms with Gasteiger partial charge >= 0.3 is 12.1 Å². The highest BCUT2D eigenvalue weighted by Gasteiger charge is 2.22. The van der Waals surface area contributed by atoms with Crippen LogP contribution in [0.15, 0.2) is 70.7 Å². The topological polar surface area (TPSA) is 127 Å². The fourth-order valence-corrected chi connectivity index (χ4v) is 5.06. The standard InChI is InChI=1S/C26H24N6O3S.C2H7N/c27-15-20(24-29-22-3-1-2-4-23(22)36-24)21-9-10-28-25(30-21)35-17-19-7-5-18(6-8-19)16-31-11-13-32(14-12-31)26(33)34;1-3-2/h1-10,29H,11-14,16-17H2,(H,33,34);3H,1-2H3. The molecule has 0 radical (unpaired) electrons. The van der Waals surface area contributed by atoms with Crippen LogP contribution in [0.4, 0.5) is 10.5 Å². The van der Waals surface area contributed by atoms with Crippen LogP contribution >= 0.6 is 11.8 Å². The summed E-state index contributed by atoms with van der Waals surface area (Å²) in [5, 5.41) is 25.7. The highest BCUT2D eigenvalue weighted by molar-refractivity contribution is 8.04. The molecule has 3 N–H and O–H groups in total. The van der Waals surface area contributed by atoms with Crippen molar-refractivity contribution in [2.45, 2.75) is 18.0 Å². The van der Waals surface area contributed by atoms with Crippen molar-refractivity contribution < 1.29 is 14.6 Å². The van der Waals surface area contributed by atoms with E-state index in [1.807, 2.05) is 50.5 Å². The van der Waals surface area contributed by atoms with Gasteiger partial charge in [0.2, 0.25) is 0 Å². The molecule has 11 heteroatoms. The summed E-state index contributed by atoms with van der Waals surface area (Å²) in [7, 11) is 3.75. The van der Waals surface area contributed by atoms with Crippen molar-refractivity contribution in [2.75, 3.05) is 45.6 Å². The Bertz CT molecular complexity index is 1320. The van der Waals surface area contributed by atoms with Crippen LogP contribution in [0.2, 0.25) is 0 Å². The third-order valence-electron chi connectivity index (χ3n) is 6.02. The summed E-state index contributed by atoms with van der Waals surface area (Å²) >= 11 is 1.51. The molecule has 1 saturated heterocycles. The monoisotopic (exact) mass is 545 g/mol. The van der Waals surface area contributed by atoms with Crippen LogP contribution < -0.4 is 15.4 Å². The van der Waals surface area contributed by atoms with Gasteiger partial charge < -0.3 is 25.4 Å². The zero-order chi connectivity index (χ0) is 27.6. The molecule has 39 heavy (non-hydrogen) atoms. The first-order chi connectivity index (χ1) is 19.0. The summed E-state index contributed by atoms with van der Waals surface area (Å²) in [6.07, 6.45) is 0.740. The average molecular weight is 546 g/mol. The fraction of sp³-hybridized carbons (Fsp3) is 0.286. The van der Waals surface area contributed by atoms with Crippen LogP contribution in [0.5, 0.6) is 6.01 Å². The Hall–Kier alpha value is -4.11. The van der Waals surface area contributed by atoms with Gasteiger partial charge in [-0.15, -0.1) is 0 Å². The maximum absolute atomic E-state index is 11.1. The summed E-state index contributed by atoms with van der Waals surface area (Å²) in [4.78, 5) is 24.5. The maximum atomic E-state index is 11.1. The number of nitrogens with one attached hydrogen (secondary N) is 2. The average Bonchev–Trinajstić information content (AvgIpc) is 3.38. The molecule has 0 spiro atoms. The Morgan fingerprint density at radius 1 is 1.10 bits per heavy atom. The van der Waals surface area contributed by atoms with E-state index in [-0.39, 0.29) is 6.01 Å². The van der Waals surface area contributed by atoms with E-state index < -0.39 is 6.09 Å². The quantitative estimate of drug-likeness (QED) is 0.390. The minimum absolute atomic E-state index is 0.210. The van der Waals surface area contributed by atoms with Gasteiger partial charge in [0.25, 0.3) is 0 Å². The first-order valence-electron chi connectivity index (χ1n) is 12.5. The van der Waals surface area contributed by atoms with Crippen LogP contribution in [-0.2, 0) is 13.2 Å². The number of carbonyl (C=O) groups is 1. The van der Waals surface area contributed by atoms with Gasteiger partial charge in [-0.2, -0.15) is 10.2 Å². The van der Waals surface area contributed by atoms with Crippen LogP contribution in [0.1, 0.15) is 16.8 Å². The van der Waals surface area contributed by atoms with E-state index in [1.54, 1.807) is 12.3 Å². The van der Waals surface area contributed by atoms with Crippen LogP contribution in [-0.4, -0.2) is 71.2 Å². The lowest BCUT2D eigenvalue weighted by Crippen LogP contribution is -2.47. The van der Waals surface area contributed by atoms with Gasteiger partial charge in [-0.05, 0) is 43.4 Å². The minimum atomic E-state index is -0.853. The van der Waals surface area contributed by atoms with Gasteiger partial charge in [0.05, 0.1) is 16.4 Å². The zero-order valence-electron chi connectivity index (χ0n) is 21.9. The maximum Gasteiger partial charge on any atom is 0.407 e. The first kappa shape index (κ1) is 27.9. The van der Waals surface area contributed by atoms with E-state index in [9.17, 15) is 10.1 Å². The van der Waals surface area contributed by atoms with E-state index in [2.05, 4.69) is 43.7 Å². The Morgan fingerprint density at radius 3 is 2.46 bits per heavy atom. The highest BCUT2D eigenvalue weighted by atomic mass is 32.2. The van der Waals surface area contributed by atoms with E-state index in [0.29, 0.717) is 31.0 Å². The van der Waals surface area contributed by atoms with Gasteiger partial charge in [-0.1, -0.05) is 48.2 Å². The predicted molar refractivity (Wildman–Crippen MR) is 151 cm³/mol. The SMILES string of the molecule is CNC.N#CC(=C1Nc2ccccc2S1)c1ccnc(OCc2ccc(CN3CCN(C(=O)O)CC3)cc2)n1. The smallest absolute Gasteiger partial charge is 0.407 e. The number of amides is 1.